The first-order valence-electron chi connectivity index (χ1n) is 15.0. The van der Waals surface area contributed by atoms with Gasteiger partial charge in [0.25, 0.3) is 0 Å². The van der Waals surface area contributed by atoms with E-state index in [2.05, 4.69) is 157 Å². The monoisotopic (exact) mass is 585 g/mol. The predicted octanol–water partition coefficient (Wildman–Crippen LogP) is 11.0. The lowest BCUT2D eigenvalue weighted by Gasteiger charge is -2.26. The highest BCUT2D eigenvalue weighted by molar-refractivity contribution is 5.82. The van der Waals surface area contributed by atoms with E-state index in [0.717, 1.165) is 39.7 Å². The van der Waals surface area contributed by atoms with Crippen molar-refractivity contribution >= 4 is 28.7 Å². The van der Waals surface area contributed by atoms with E-state index in [1.54, 1.807) is 14.2 Å². The number of allylic oxidation sites excluding steroid dienone is 2. The van der Waals surface area contributed by atoms with Gasteiger partial charge < -0.3 is 14.4 Å². The van der Waals surface area contributed by atoms with Crippen LogP contribution in [0.2, 0.25) is 0 Å². The molecular formula is C42H35NO2. The van der Waals surface area contributed by atoms with Gasteiger partial charge in [0.15, 0.2) is 0 Å². The first kappa shape index (κ1) is 29.3. The molecule has 3 heteroatoms. The van der Waals surface area contributed by atoms with Crippen LogP contribution < -0.4 is 14.4 Å². The third-order valence-corrected chi connectivity index (χ3v) is 7.75. The van der Waals surface area contributed by atoms with Crippen LogP contribution in [0.25, 0.3) is 22.8 Å². The minimum Gasteiger partial charge on any atom is -0.497 e. The maximum atomic E-state index is 5.39. The van der Waals surface area contributed by atoms with Crippen LogP contribution in [0.1, 0.15) is 16.7 Å². The van der Waals surface area contributed by atoms with Crippen LogP contribution in [0.4, 0.5) is 17.1 Å². The lowest BCUT2D eigenvalue weighted by Crippen LogP contribution is -2.09. The van der Waals surface area contributed by atoms with Gasteiger partial charge in [-0.2, -0.15) is 0 Å². The van der Waals surface area contributed by atoms with E-state index in [1.807, 2.05) is 24.3 Å². The molecule has 0 radical (unpaired) electrons. The van der Waals surface area contributed by atoms with Crippen molar-refractivity contribution in [1.29, 1.82) is 0 Å². The van der Waals surface area contributed by atoms with Crippen molar-refractivity contribution in [2.24, 2.45) is 0 Å². The van der Waals surface area contributed by atoms with Crippen LogP contribution in [-0.2, 0) is 0 Å². The highest BCUT2D eigenvalue weighted by Gasteiger charge is 2.13. The second-order valence-electron chi connectivity index (χ2n) is 10.6. The van der Waals surface area contributed by atoms with Crippen molar-refractivity contribution in [3.05, 3.63) is 187 Å². The third-order valence-electron chi connectivity index (χ3n) is 7.75. The summed E-state index contributed by atoms with van der Waals surface area (Å²) in [6, 6.07) is 54.6. The van der Waals surface area contributed by atoms with Crippen LogP contribution >= 0.6 is 0 Å². The summed E-state index contributed by atoms with van der Waals surface area (Å²) in [5.41, 5.74) is 10.2. The minimum absolute atomic E-state index is 0.825. The molecule has 220 valence electrons. The number of rotatable bonds is 10. The molecule has 0 spiro atoms. The molecule has 0 fully saturated rings. The molecule has 0 saturated carbocycles. The molecule has 6 aromatic rings. The lowest BCUT2D eigenvalue weighted by atomic mass is 9.97. The number of benzene rings is 6. The largest absolute Gasteiger partial charge is 0.497 e. The van der Waals surface area contributed by atoms with Gasteiger partial charge in [-0.15, -0.1) is 0 Å². The van der Waals surface area contributed by atoms with Gasteiger partial charge in [0, 0.05) is 17.1 Å². The normalized spacial score (nSPS) is 10.8. The molecule has 6 rings (SSSR count). The van der Waals surface area contributed by atoms with E-state index in [4.69, 9.17) is 9.47 Å². The Kier molecular flexibility index (Phi) is 9.18. The molecule has 0 aliphatic rings. The number of hydrogen-bond acceptors (Lipinski definition) is 3. The maximum absolute atomic E-state index is 5.39. The van der Waals surface area contributed by atoms with Crippen LogP contribution in [0.15, 0.2) is 170 Å². The molecular weight excluding hydrogens is 550 g/mol. The number of ether oxygens (including phenoxy) is 2. The second kappa shape index (κ2) is 14.1. The summed E-state index contributed by atoms with van der Waals surface area (Å²) in [6.45, 7) is 0. The van der Waals surface area contributed by atoms with Crippen molar-refractivity contribution < 1.29 is 9.47 Å². The van der Waals surface area contributed by atoms with Crippen LogP contribution in [-0.4, -0.2) is 14.2 Å². The topological polar surface area (TPSA) is 21.7 Å². The van der Waals surface area contributed by atoms with Gasteiger partial charge in [0.2, 0.25) is 0 Å². The van der Waals surface area contributed by atoms with Crippen LogP contribution in [0, 0.1) is 0 Å². The molecule has 0 amide bonds. The summed E-state index contributed by atoms with van der Waals surface area (Å²) in [5.74, 6) is 1.65. The fourth-order valence-electron chi connectivity index (χ4n) is 5.35. The summed E-state index contributed by atoms with van der Waals surface area (Å²) in [7, 11) is 3.37. The Bertz CT molecular complexity index is 1770. The first-order chi connectivity index (χ1) is 22.2. The second-order valence-corrected chi connectivity index (χ2v) is 10.6. The molecule has 0 aromatic heterocycles. The molecule has 0 atom stereocenters. The average molecular weight is 586 g/mol. The van der Waals surface area contributed by atoms with E-state index < -0.39 is 0 Å². The summed E-state index contributed by atoms with van der Waals surface area (Å²) < 4.78 is 10.8. The Morgan fingerprint density at radius 2 is 0.867 bits per heavy atom. The highest BCUT2D eigenvalue weighted by Crippen LogP contribution is 2.37. The van der Waals surface area contributed by atoms with Crippen molar-refractivity contribution in [3.8, 4) is 22.6 Å². The van der Waals surface area contributed by atoms with E-state index in [9.17, 15) is 0 Å². The standard InChI is InChI=1S/C42H35NO2/c1-44-40-28-24-38(25-29-40)43(39-26-30-41(45-2)31-27-39)37-22-20-34(21-23-37)33-18-16-32(17-19-33)10-9-15-42(35-11-5-3-6-12-35)36-13-7-4-8-14-36/h3-31H,1-2H3. The molecule has 0 unspecified atom stereocenters. The lowest BCUT2D eigenvalue weighted by molar-refractivity contribution is 0.415. The summed E-state index contributed by atoms with van der Waals surface area (Å²) in [4.78, 5) is 2.23. The molecule has 0 heterocycles. The number of methoxy groups -OCH3 is 2. The van der Waals surface area contributed by atoms with E-state index in [1.165, 1.54) is 22.3 Å². The Morgan fingerprint density at radius 3 is 1.29 bits per heavy atom. The zero-order valence-electron chi connectivity index (χ0n) is 25.5. The fraction of sp³-hybridized carbons (Fsp3) is 0.0476. The van der Waals surface area contributed by atoms with Gasteiger partial charge in [-0.3, -0.25) is 0 Å². The van der Waals surface area contributed by atoms with Crippen molar-refractivity contribution in [2.45, 2.75) is 0 Å². The quantitative estimate of drug-likeness (QED) is 0.149. The van der Waals surface area contributed by atoms with Crippen LogP contribution in [0.3, 0.4) is 0 Å². The van der Waals surface area contributed by atoms with Crippen molar-refractivity contribution in [2.75, 3.05) is 19.1 Å². The first-order valence-corrected chi connectivity index (χ1v) is 15.0. The summed E-state index contributed by atoms with van der Waals surface area (Å²) in [5, 5.41) is 0. The van der Waals surface area contributed by atoms with E-state index in [0.29, 0.717) is 0 Å². The predicted molar refractivity (Wildman–Crippen MR) is 189 cm³/mol. The van der Waals surface area contributed by atoms with E-state index in [-0.39, 0.29) is 0 Å². The molecule has 0 saturated heterocycles. The Balaban J connectivity index is 1.23. The number of nitrogens with zero attached hydrogens (tertiary/aromatic N) is 1. The highest BCUT2D eigenvalue weighted by atomic mass is 16.5. The number of hydrogen-bond donors (Lipinski definition) is 0. The Labute approximate surface area is 266 Å². The van der Waals surface area contributed by atoms with Gasteiger partial charge in [0.1, 0.15) is 11.5 Å². The van der Waals surface area contributed by atoms with Gasteiger partial charge in [-0.1, -0.05) is 115 Å². The minimum atomic E-state index is 0.825. The Hall–Kier alpha value is -5.80. The Morgan fingerprint density at radius 1 is 0.467 bits per heavy atom. The molecule has 45 heavy (non-hydrogen) atoms. The van der Waals surface area contributed by atoms with Crippen LogP contribution in [0.5, 0.6) is 11.5 Å². The molecule has 6 aromatic carbocycles. The summed E-state index contributed by atoms with van der Waals surface area (Å²) >= 11 is 0. The van der Waals surface area contributed by atoms with Gasteiger partial charge >= 0.3 is 0 Å². The molecule has 0 aliphatic carbocycles. The molecule has 0 bridgehead atoms. The summed E-state index contributed by atoms with van der Waals surface area (Å²) in [6.07, 6.45) is 6.47. The molecule has 0 N–H and O–H groups in total. The maximum Gasteiger partial charge on any atom is 0.119 e. The van der Waals surface area contributed by atoms with Gasteiger partial charge in [-0.05, 0) is 94.1 Å². The van der Waals surface area contributed by atoms with Crippen molar-refractivity contribution in [1.82, 2.24) is 0 Å². The third kappa shape index (κ3) is 7.06. The van der Waals surface area contributed by atoms with E-state index >= 15 is 0 Å². The van der Waals surface area contributed by atoms with Gasteiger partial charge in [0.05, 0.1) is 14.2 Å². The fourth-order valence-corrected chi connectivity index (χ4v) is 5.35. The molecule has 0 aliphatic heterocycles. The smallest absolute Gasteiger partial charge is 0.119 e. The zero-order chi connectivity index (χ0) is 30.8. The number of anilines is 3. The van der Waals surface area contributed by atoms with Crippen molar-refractivity contribution in [3.63, 3.8) is 0 Å². The zero-order valence-corrected chi connectivity index (χ0v) is 25.5. The average Bonchev–Trinajstić information content (AvgIpc) is 3.12. The SMILES string of the molecule is COc1ccc(N(c2ccc(OC)cc2)c2ccc(-c3ccc(C=CC=C(c4ccccc4)c4ccccc4)cc3)cc2)cc1. The molecule has 3 nitrogen and oxygen atoms in total. The van der Waals surface area contributed by atoms with Gasteiger partial charge in [-0.25, -0.2) is 0 Å².